The molecule has 0 radical (unpaired) electrons. The molecule has 2 rings (SSSR count). The van der Waals surface area contributed by atoms with Crippen molar-refractivity contribution in [3.63, 3.8) is 0 Å². The van der Waals surface area contributed by atoms with Crippen LogP contribution in [0, 0.1) is 5.41 Å². The molecule has 1 aliphatic rings. The van der Waals surface area contributed by atoms with Gasteiger partial charge in [0.15, 0.2) is 11.5 Å². The van der Waals surface area contributed by atoms with E-state index in [1.165, 1.54) is 0 Å². The Kier molecular flexibility index (Phi) is 6.49. The van der Waals surface area contributed by atoms with Crippen molar-refractivity contribution in [2.24, 2.45) is 11.1 Å². The van der Waals surface area contributed by atoms with Gasteiger partial charge in [-0.25, -0.2) is 0 Å². The Bertz CT molecular complexity index is 545. The van der Waals surface area contributed by atoms with Gasteiger partial charge in [-0.15, -0.1) is 0 Å². The van der Waals surface area contributed by atoms with Crippen LogP contribution in [0.2, 0.25) is 0 Å². The molecule has 2 N–H and O–H groups in total. The number of nitrogens with zero attached hydrogens (tertiary/aromatic N) is 1. The lowest BCUT2D eigenvalue weighted by molar-refractivity contribution is -0.134. The largest absolute Gasteiger partial charge is 0.490 e. The number of piperidine rings is 1. The molecule has 1 aromatic carbocycles. The van der Waals surface area contributed by atoms with Crippen LogP contribution in [0.3, 0.4) is 0 Å². The van der Waals surface area contributed by atoms with Crippen LogP contribution in [0.1, 0.15) is 40.0 Å². The van der Waals surface area contributed by atoms with Crippen molar-refractivity contribution < 1.29 is 14.3 Å². The van der Waals surface area contributed by atoms with Crippen LogP contribution in [0.4, 0.5) is 0 Å². The SMILES string of the molecule is CCOc1ccccc1OCCCC(=O)N1CCC(N)C(C)(C)C1. The van der Waals surface area contributed by atoms with Crippen molar-refractivity contribution in [2.45, 2.75) is 46.1 Å². The van der Waals surface area contributed by atoms with E-state index in [0.29, 0.717) is 26.1 Å². The second-order valence-corrected chi connectivity index (χ2v) is 7.03. The van der Waals surface area contributed by atoms with Gasteiger partial charge in [0.2, 0.25) is 5.91 Å². The average molecular weight is 334 g/mol. The number of benzene rings is 1. The fourth-order valence-corrected chi connectivity index (χ4v) is 2.99. The van der Waals surface area contributed by atoms with Crippen LogP contribution < -0.4 is 15.2 Å². The minimum absolute atomic E-state index is 0.0131. The highest BCUT2D eigenvalue weighted by atomic mass is 16.5. The number of para-hydroxylation sites is 2. The first kappa shape index (κ1) is 18.6. The Labute approximate surface area is 145 Å². The van der Waals surface area contributed by atoms with Gasteiger partial charge >= 0.3 is 0 Å². The van der Waals surface area contributed by atoms with Gasteiger partial charge in [0.25, 0.3) is 0 Å². The zero-order chi connectivity index (χ0) is 17.6. The molecular formula is C19H30N2O3. The van der Waals surface area contributed by atoms with Crippen molar-refractivity contribution in [1.82, 2.24) is 4.90 Å². The predicted octanol–water partition coefficient (Wildman–Crippen LogP) is 2.83. The van der Waals surface area contributed by atoms with Crippen molar-refractivity contribution in [1.29, 1.82) is 0 Å². The highest BCUT2D eigenvalue weighted by Crippen LogP contribution is 2.28. The van der Waals surface area contributed by atoms with Gasteiger partial charge in [0.1, 0.15) is 0 Å². The zero-order valence-electron chi connectivity index (χ0n) is 15.1. The lowest BCUT2D eigenvalue weighted by Crippen LogP contribution is -2.54. The van der Waals surface area contributed by atoms with E-state index in [2.05, 4.69) is 13.8 Å². The van der Waals surface area contributed by atoms with E-state index in [-0.39, 0.29) is 17.4 Å². The molecule has 1 aromatic rings. The molecular weight excluding hydrogens is 304 g/mol. The fourth-order valence-electron chi connectivity index (χ4n) is 2.99. The van der Waals surface area contributed by atoms with Crippen molar-refractivity contribution in [3.05, 3.63) is 24.3 Å². The fraction of sp³-hybridized carbons (Fsp3) is 0.632. The maximum atomic E-state index is 12.4. The standard InChI is InChI=1S/C19H30N2O3/c1-4-23-15-8-5-6-9-16(15)24-13-7-10-18(22)21-12-11-17(20)19(2,3)14-21/h5-6,8-9,17H,4,7,10-14,20H2,1-3H3. The van der Waals surface area contributed by atoms with Crippen LogP contribution in [0.15, 0.2) is 24.3 Å². The van der Waals surface area contributed by atoms with Gasteiger partial charge in [-0.2, -0.15) is 0 Å². The van der Waals surface area contributed by atoms with Gasteiger partial charge in [-0.3, -0.25) is 4.79 Å². The molecule has 1 heterocycles. The summed E-state index contributed by atoms with van der Waals surface area (Å²) in [7, 11) is 0. The van der Waals surface area contributed by atoms with Gasteiger partial charge < -0.3 is 20.1 Å². The van der Waals surface area contributed by atoms with Crippen LogP contribution in [-0.2, 0) is 4.79 Å². The van der Waals surface area contributed by atoms with Crippen LogP contribution >= 0.6 is 0 Å². The summed E-state index contributed by atoms with van der Waals surface area (Å²) in [6, 6.07) is 7.79. The summed E-state index contributed by atoms with van der Waals surface area (Å²) in [5.74, 6) is 1.67. The monoisotopic (exact) mass is 334 g/mol. The molecule has 5 heteroatoms. The summed E-state index contributed by atoms with van der Waals surface area (Å²) in [4.78, 5) is 14.3. The van der Waals surface area contributed by atoms with E-state index in [1.807, 2.05) is 36.1 Å². The van der Waals surface area contributed by atoms with Gasteiger partial charge in [-0.1, -0.05) is 26.0 Å². The van der Waals surface area contributed by atoms with E-state index in [9.17, 15) is 4.79 Å². The summed E-state index contributed by atoms with van der Waals surface area (Å²) in [5, 5.41) is 0. The van der Waals surface area contributed by atoms with Gasteiger partial charge in [0, 0.05) is 25.6 Å². The summed E-state index contributed by atoms with van der Waals surface area (Å²) < 4.78 is 11.3. The minimum Gasteiger partial charge on any atom is -0.490 e. The molecule has 24 heavy (non-hydrogen) atoms. The highest BCUT2D eigenvalue weighted by molar-refractivity contribution is 5.76. The van der Waals surface area contributed by atoms with Crippen LogP contribution in [0.5, 0.6) is 11.5 Å². The first-order chi connectivity index (χ1) is 11.4. The zero-order valence-corrected chi connectivity index (χ0v) is 15.1. The third-order valence-electron chi connectivity index (χ3n) is 4.61. The molecule has 134 valence electrons. The first-order valence-electron chi connectivity index (χ1n) is 8.82. The quantitative estimate of drug-likeness (QED) is 0.779. The van der Waals surface area contributed by atoms with Crippen LogP contribution in [-0.4, -0.2) is 43.2 Å². The molecule has 0 aliphatic carbocycles. The average Bonchev–Trinajstić information content (AvgIpc) is 2.55. The maximum Gasteiger partial charge on any atom is 0.222 e. The Morgan fingerprint density at radius 2 is 1.96 bits per heavy atom. The third kappa shape index (κ3) is 4.87. The number of nitrogens with two attached hydrogens (primary N) is 1. The number of amides is 1. The molecule has 1 unspecified atom stereocenters. The van der Waals surface area contributed by atoms with E-state index < -0.39 is 0 Å². The number of ether oxygens (including phenoxy) is 2. The number of likely N-dealkylation sites (tertiary alicyclic amines) is 1. The molecule has 1 atom stereocenters. The Balaban J connectivity index is 1.75. The molecule has 1 aliphatic heterocycles. The number of hydrogen-bond donors (Lipinski definition) is 1. The number of carbonyl (C=O) groups excluding carboxylic acids is 1. The molecule has 5 nitrogen and oxygen atoms in total. The topological polar surface area (TPSA) is 64.8 Å². The maximum absolute atomic E-state index is 12.4. The van der Waals surface area contributed by atoms with Crippen molar-refractivity contribution in [3.8, 4) is 11.5 Å². The molecule has 0 spiro atoms. The summed E-state index contributed by atoms with van der Waals surface area (Å²) in [6.45, 7) is 8.81. The predicted molar refractivity (Wildman–Crippen MR) is 95.3 cm³/mol. The summed E-state index contributed by atoms with van der Waals surface area (Å²) in [6.07, 6.45) is 2.07. The molecule has 0 saturated carbocycles. The molecule has 0 bridgehead atoms. The van der Waals surface area contributed by atoms with Crippen molar-refractivity contribution in [2.75, 3.05) is 26.3 Å². The molecule has 1 saturated heterocycles. The Morgan fingerprint density at radius 3 is 2.58 bits per heavy atom. The number of rotatable bonds is 7. The van der Waals surface area contributed by atoms with E-state index in [1.54, 1.807) is 0 Å². The van der Waals surface area contributed by atoms with E-state index in [0.717, 1.165) is 31.0 Å². The van der Waals surface area contributed by atoms with Gasteiger partial charge in [-0.05, 0) is 37.3 Å². The smallest absolute Gasteiger partial charge is 0.222 e. The minimum atomic E-state index is -0.0131. The van der Waals surface area contributed by atoms with E-state index in [4.69, 9.17) is 15.2 Å². The number of hydrogen-bond acceptors (Lipinski definition) is 4. The van der Waals surface area contributed by atoms with Crippen molar-refractivity contribution >= 4 is 5.91 Å². The lowest BCUT2D eigenvalue weighted by Gasteiger charge is -2.42. The highest BCUT2D eigenvalue weighted by Gasteiger charge is 2.34. The summed E-state index contributed by atoms with van der Waals surface area (Å²) >= 11 is 0. The third-order valence-corrected chi connectivity index (χ3v) is 4.61. The normalized spacial score (nSPS) is 19.8. The van der Waals surface area contributed by atoms with Crippen LogP contribution in [0.25, 0.3) is 0 Å². The molecule has 1 amide bonds. The van der Waals surface area contributed by atoms with E-state index >= 15 is 0 Å². The second-order valence-electron chi connectivity index (χ2n) is 7.03. The van der Waals surface area contributed by atoms with Gasteiger partial charge in [0.05, 0.1) is 13.2 Å². The number of carbonyl (C=O) groups is 1. The lowest BCUT2D eigenvalue weighted by atomic mass is 9.79. The second kappa shape index (κ2) is 8.38. The summed E-state index contributed by atoms with van der Waals surface area (Å²) in [5.41, 5.74) is 6.12. The Hall–Kier alpha value is -1.75. The molecule has 0 aromatic heterocycles. The Morgan fingerprint density at radius 1 is 1.29 bits per heavy atom. The molecule has 1 fully saturated rings. The first-order valence-corrected chi connectivity index (χ1v) is 8.82.